The standard InChI is InChI=1S/C17H18F3N3O3/c18-17(19,20)13-4-1-3-12(9-13)14(10-23-8-7-22-11-23)15(26-21)5-2-6-16(24)25/h1,3-4,7-9,11H,2,5-6,10,21H2,(H,24,25). The second kappa shape index (κ2) is 8.52. The van der Waals surface area contributed by atoms with E-state index in [1.807, 2.05) is 0 Å². The van der Waals surface area contributed by atoms with Crippen LogP contribution in [0.25, 0.3) is 5.57 Å². The van der Waals surface area contributed by atoms with Crippen LogP contribution in [0, 0.1) is 0 Å². The lowest BCUT2D eigenvalue weighted by Gasteiger charge is -2.16. The first-order valence-corrected chi connectivity index (χ1v) is 7.75. The molecule has 0 unspecified atom stereocenters. The number of rotatable bonds is 8. The van der Waals surface area contributed by atoms with E-state index in [0.717, 1.165) is 12.1 Å². The second-order valence-electron chi connectivity index (χ2n) is 5.58. The number of benzene rings is 1. The van der Waals surface area contributed by atoms with Gasteiger partial charge in [-0.25, -0.2) is 4.98 Å². The van der Waals surface area contributed by atoms with Gasteiger partial charge < -0.3 is 14.5 Å². The highest BCUT2D eigenvalue weighted by molar-refractivity contribution is 5.69. The summed E-state index contributed by atoms with van der Waals surface area (Å²) in [6.45, 7) is 0.181. The molecule has 140 valence electrons. The van der Waals surface area contributed by atoms with Gasteiger partial charge in [0.25, 0.3) is 0 Å². The number of halogens is 3. The molecule has 9 heteroatoms. The molecule has 0 aliphatic carbocycles. The second-order valence-corrected chi connectivity index (χ2v) is 5.58. The predicted molar refractivity (Wildman–Crippen MR) is 87.4 cm³/mol. The number of carbonyl (C=O) groups is 1. The molecule has 0 aliphatic rings. The molecule has 1 aromatic heterocycles. The molecule has 0 atom stereocenters. The molecule has 0 aliphatic heterocycles. The Kier molecular flexibility index (Phi) is 6.40. The number of aromatic nitrogens is 2. The molecule has 0 radical (unpaired) electrons. The molecular formula is C17H18F3N3O3. The third-order valence-electron chi connectivity index (χ3n) is 3.71. The first-order valence-electron chi connectivity index (χ1n) is 7.75. The first kappa shape index (κ1) is 19.5. The van der Waals surface area contributed by atoms with E-state index >= 15 is 0 Å². The lowest BCUT2D eigenvalue weighted by molar-refractivity contribution is -0.138. The summed E-state index contributed by atoms with van der Waals surface area (Å²) in [4.78, 5) is 19.5. The average molecular weight is 369 g/mol. The molecule has 6 nitrogen and oxygen atoms in total. The van der Waals surface area contributed by atoms with Gasteiger partial charge in [-0.1, -0.05) is 12.1 Å². The van der Waals surface area contributed by atoms with Crippen molar-refractivity contribution >= 4 is 11.5 Å². The minimum absolute atomic E-state index is 0.103. The van der Waals surface area contributed by atoms with Crippen LogP contribution in [0.2, 0.25) is 0 Å². The Morgan fingerprint density at radius 2 is 2.08 bits per heavy atom. The Labute approximate surface area is 147 Å². The summed E-state index contributed by atoms with van der Waals surface area (Å²) in [5, 5.41) is 8.76. The van der Waals surface area contributed by atoms with Gasteiger partial charge in [0.2, 0.25) is 0 Å². The molecule has 3 N–H and O–H groups in total. The zero-order chi connectivity index (χ0) is 19.2. The number of nitrogens with two attached hydrogens (primary N) is 1. The highest BCUT2D eigenvalue weighted by Crippen LogP contribution is 2.32. The fourth-order valence-electron chi connectivity index (χ4n) is 2.47. The third kappa shape index (κ3) is 5.35. The van der Waals surface area contributed by atoms with Gasteiger partial charge in [0, 0.05) is 30.8 Å². The largest absolute Gasteiger partial charge is 0.481 e. The van der Waals surface area contributed by atoms with E-state index < -0.39 is 17.7 Å². The minimum atomic E-state index is -4.48. The summed E-state index contributed by atoms with van der Waals surface area (Å²) in [6, 6.07) is 4.82. The summed E-state index contributed by atoms with van der Waals surface area (Å²) < 4.78 is 40.8. The van der Waals surface area contributed by atoms with Crippen LogP contribution in [0.1, 0.15) is 30.4 Å². The number of imidazole rings is 1. The monoisotopic (exact) mass is 369 g/mol. The maximum Gasteiger partial charge on any atom is 0.416 e. The number of carboxylic acids is 1. The highest BCUT2D eigenvalue weighted by Gasteiger charge is 2.30. The van der Waals surface area contributed by atoms with E-state index in [1.165, 1.54) is 24.7 Å². The predicted octanol–water partition coefficient (Wildman–Crippen LogP) is 3.46. The third-order valence-corrected chi connectivity index (χ3v) is 3.71. The molecule has 0 saturated heterocycles. The SMILES string of the molecule is NOC(CCCC(=O)O)=C(Cn1ccnc1)c1cccc(C(F)(F)F)c1. The fourth-order valence-corrected chi connectivity index (χ4v) is 2.47. The summed E-state index contributed by atoms with van der Waals surface area (Å²) >= 11 is 0. The Morgan fingerprint density at radius 1 is 1.31 bits per heavy atom. The Balaban J connectivity index is 2.42. The smallest absolute Gasteiger partial charge is 0.416 e. The molecule has 0 amide bonds. The van der Waals surface area contributed by atoms with Crippen LogP contribution in [-0.4, -0.2) is 20.6 Å². The van der Waals surface area contributed by atoms with Crippen LogP contribution < -0.4 is 5.90 Å². The van der Waals surface area contributed by atoms with Crippen molar-refractivity contribution in [3.05, 3.63) is 59.9 Å². The summed E-state index contributed by atoms with van der Waals surface area (Å²) in [5.41, 5.74) is -0.0636. The molecule has 0 fully saturated rings. The zero-order valence-electron chi connectivity index (χ0n) is 13.7. The Hall–Kier alpha value is -2.81. The first-order chi connectivity index (χ1) is 12.3. The van der Waals surface area contributed by atoms with Crippen molar-refractivity contribution in [2.24, 2.45) is 5.90 Å². The molecule has 0 bridgehead atoms. The topological polar surface area (TPSA) is 90.4 Å². The normalized spacial score (nSPS) is 12.6. The number of hydrogen-bond donors (Lipinski definition) is 2. The van der Waals surface area contributed by atoms with Crippen LogP contribution in [0.4, 0.5) is 13.2 Å². The van der Waals surface area contributed by atoms with Gasteiger partial charge in [0.1, 0.15) is 5.76 Å². The number of carboxylic acid groups (broad SMARTS) is 1. The molecule has 1 heterocycles. The zero-order valence-corrected chi connectivity index (χ0v) is 13.7. The van der Waals surface area contributed by atoms with Gasteiger partial charge >= 0.3 is 12.1 Å². The van der Waals surface area contributed by atoms with Crippen LogP contribution in [-0.2, 0) is 22.4 Å². The highest BCUT2D eigenvalue weighted by atomic mass is 19.4. The van der Waals surface area contributed by atoms with Gasteiger partial charge in [-0.15, -0.1) is 0 Å². The van der Waals surface area contributed by atoms with E-state index in [2.05, 4.69) is 4.98 Å². The molecule has 2 rings (SSSR count). The van der Waals surface area contributed by atoms with Gasteiger partial charge in [-0.2, -0.15) is 19.1 Å². The Bertz CT molecular complexity index is 771. The van der Waals surface area contributed by atoms with E-state index in [-0.39, 0.29) is 31.6 Å². The number of hydrogen-bond acceptors (Lipinski definition) is 4. The van der Waals surface area contributed by atoms with Crippen molar-refractivity contribution in [2.75, 3.05) is 0 Å². The molecule has 26 heavy (non-hydrogen) atoms. The van der Waals surface area contributed by atoms with E-state index in [4.69, 9.17) is 15.8 Å². The summed E-state index contributed by atoms with van der Waals surface area (Å²) in [6.07, 6.45) is 0.545. The van der Waals surface area contributed by atoms with Crippen molar-refractivity contribution in [1.82, 2.24) is 9.55 Å². The van der Waals surface area contributed by atoms with Gasteiger partial charge in [-0.05, 0) is 24.1 Å². The van der Waals surface area contributed by atoms with E-state index in [1.54, 1.807) is 10.8 Å². The lowest BCUT2D eigenvalue weighted by Crippen LogP contribution is -2.10. The molecule has 1 aromatic carbocycles. The molecule has 0 saturated carbocycles. The van der Waals surface area contributed by atoms with Gasteiger partial charge in [-0.3, -0.25) is 4.79 Å². The Morgan fingerprint density at radius 3 is 2.65 bits per heavy atom. The van der Waals surface area contributed by atoms with Crippen molar-refractivity contribution in [1.29, 1.82) is 0 Å². The quantitative estimate of drug-likeness (QED) is 0.549. The number of nitrogens with zero attached hydrogens (tertiary/aromatic N) is 2. The molecule has 0 spiro atoms. The summed E-state index contributed by atoms with van der Waals surface area (Å²) in [5.74, 6) is 4.59. The number of allylic oxidation sites excluding steroid dienone is 2. The van der Waals surface area contributed by atoms with Crippen molar-refractivity contribution < 1.29 is 27.9 Å². The van der Waals surface area contributed by atoms with E-state index in [0.29, 0.717) is 11.1 Å². The van der Waals surface area contributed by atoms with Crippen LogP contribution in [0.3, 0.4) is 0 Å². The number of aliphatic carboxylic acids is 1. The fraction of sp³-hybridized carbons (Fsp3) is 0.294. The minimum Gasteiger partial charge on any atom is -0.481 e. The van der Waals surface area contributed by atoms with Crippen molar-refractivity contribution in [3.8, 4) is 0 Å². The van der Waals surface area contributed by atoms with Crippen molar-refractivity contribution in [2.45, 2.75) is 32.0 Å². The van der Waals surface area contributed by atoms with Crippen LogP contribution in [0.5, 0.6) is 0 Å². The maximum absolute atomic E-state index is 13.0. The number of alkyl halides is 3. The lowest BCUT2D eigenvalue weighted by atomic mass is 9.99. The average Bonchev–Trinajstić information content (AvgIpc) is 3.09. The van der Waals surface area contributed by atoms with Crippen molar-refractivity contribution in [3.63, 3.8) is 0 Å². The van der Waals surface area contributed by atoms with Crippen LogP contribution >= 0.6 is 0 Å². The van der Waals surface area contributed by atoms with E-state index in [9.17, 15) is 18.0 Å². The summed E-state index contributed by atoms with van der Waals surface area (Å²) in [7, 11) is 0. The van der Waals surface area contributed by atoms with Crippen LogP contribution in [0.15, 0.2) is 48.7 Å². The van der Waals surface area contributed by atoms with Gasteiger partial charge in [0.15, 0.2) is 0 Å². The van der Waals surface area contributed by atoms with Gasteiger partial charge in [0.05, 0.1) is 18.4 Å². The molecule has 2 aromatic rings. The maximum atomic E-state index is 13.0. The molecular weight excluding hydrogens is 351 g/mol.